The van der Waals surface area contributed by atoms with Crippen LogP contribution < -0.4 is 28.3 Å². The van der Waals surface area contributed by atoms with E-state index in [1.165, 1.54) is 11.8 Å². The average Bonchev–Trinajstić information content (AvgIpc) is 2.82. The molecule has 1 fully saturated rings. The SMILES string of the molecule is CN=C/C(=C\N)c1ccc(N)c(C(=N)/C(N)=C/c2cccc(CNC3CCC(N)CC3)c2)c1. The van der Waals surface area contributed by atoms with Crippen molar-refractivity contribution in [2.24, 2.45) is 22.2 Å². The van der Waals surface area contributed by atoms with E-state index in [4.69, 9.17) is 28.3 Å². The third kappa shape index (κ3) is 6.54. The Labute approximate surface area is 196 Å². The maximum atomic E-state index is 8.63. The minimum absolute atomic E-state index is 0.168. The van der Waals surface area contributed by atoms with Crippen LogP contribution in [-0.4, -0.2) is 31.1 Å². The van der Waals surface area contributed by atoms with Crippen LogP contribution in [0.25, 0.3) is 11.6 Å². The highest BCUT2D eigenvalue weighted by Crippen LogP contribution is 2.22. The second-order valence-corrected chi connectivity index (χ2v) is 8.52. The lowest BCUT2D eigenvalue weighted by molar-refractivity contribution is 0.342. The molecule has 0 aromatic heterocycles. The fourth-order valence-electron chi connectivity index (χ4n) is 4.09. The van der Waals surface area contributed by atoms with Crippen LogP contribution in [-0.2, 0) is 6.54 Å². The van der Waals surface area contributed by atoms with Gasteiger partial charge >= 0.3 is 0 Å². The molecule has 1 saturated carbocycles. The van der Waals surface area contributed by atoms with Crippen LogP contribution in [0.4, 0.5) is 5.69 Å². The first-order valence-corrected chi connectivity index (χ1v) is 11.3. The Balaban J connectivity index is 1.74. The Morgan fingerprint density at radius 1 is 1.15 bits per heavy atom. The molecule has 2 aromatic carbocycles. The predicted octanol–water partition coefficient (Wildman–Crippen LogP) is 3.00. The molecule has 0 bridgehead atoms. The first-order valence-electron chi connectivity index (χ1n) is 11.3. The monoisotopic (exact) mass is 445 g/mol. The van der Waals surface area contributed by atoms with Crippen molar-refractivity contribution in [1.29, 1.82) is 5.41 Å². The topological polar surface area (TPSA) is 152 Å². The molecule has 0 unspecified atom stereocenters. The first kappa shape index (κ1) is 24.2. The van der Waals surface area contributed by atoms with Gasteiger partial charge in [0.1, 0.15) is 0 Å². The van der Waals surface area contributed by atoms with Gasteiger partial charge in [-0.05, 0) is 60.6 Å². The predicted molar refractivity (Wildman–Crippen MR) is 140 cm³/mol. The molecule has 7 heteroatoms. The summed E-state index contributed by atoms with van der Waals surface area (Å²) in [5.41, 5.74) is 29.4. The zero-order valence-electron chi connectivity index (χ0n) is 19.2. The maximum Gasteiger partial charge on any atom is 0.0862 e. The maximum absolute atomic E-state index is 8.63. The van der Waals surface area contributed by atoms with E-state index in [1.54, 1.807) is 19.3 Å². The van der Waals surface area contributed by atoms with Crippen molar-refractivity contribution in [2.45, 2.75) is 44.3 Å². The fraction of sp³-hybridized carbons (Fsp3) is 0.308. The molecular formula is C26H35N7. The van der Waals surface area contributed by atoms with Crippen molar-refractivity contribution in [3.8, 4) is 0 Å². The molecule has 10 N–H and O–H groups in total. The van der Waals surface area contributed by atoms with Crippen LogP contribution in [0.2, 0.25) is 0 Å². The molecule has 3 rings (SSSR count). The van der Waals surface area contributed by atoms with Crippen LogP contribution >= 0.6 is 0 Å². The van der Waals surface area contributed by atoms with Crippen molar-refractivity contribution in [3.63, 3.8) is 0 Å². The van der Waals surface area contributed by atoms with Crippen molar-refractivity contribution >= 4 is 29.3 Å². The lowest BCUT2D eigenvalue weighted by Gasteiger charge is -2.27. The van der Waals surface area contributed by atoms with Crippen LogP contribution in [0.3, 0.4) is 0 Å². The number of nitrogen functional groups attached to an aromatic ring is 1. The third-order valence-electron chi connectivity index (χ3n) is 6.03. The summed E-state index contributed by atoms with van der Waals surface area (Å²) in [5.74, 6) is 0. The molecule has 174 valence electrons. The third-order valence-corrected chi connectivity index (χ3v) is 6.03. The zero-order valence-corrected chi connectivity index (χ0v) is 19.2. The van der Waals surface area contributed by atoms with Crippen LogP contribution in [0.5, 0.6) is 0 Å². The Hall–Kier alpha value is -3.42. The highest BCUT2D eigenvalue weighted by Gasteiger charge is 2.17. The molecule has 0 radical (unpaired) electrons. The standard InChI is InChI=1S/C26H35N7/c1-32-16-20(14-27)19-5-10-24(29)23(13-19)26(31)25(30)12-17-3-2-4-18(11-17)15-33-22-8-6-21(28)7-9-22/h2-5,10-14,16,21-22,31,33H,6-9,15,27-30H2,1H3/b20-14+,25-12-,31-26?,32-16?. The number of nitrogens with zero attached hydrogens (tertiary/aromatic N) is 1. The molecule has 1 aliphatic carbocycles. The Morgan fingerprint density at radius 2 is 1.91 bits per heavy atom. The van der Waals surface area contributed by atoms with Crippen LogP contribution in [0.15, 0.2) is 59.4 Å². The van der Waals surface area contributed by atoms with E-state index in [1.807, 2.05) is 30.3 Å². The largest absolute Gasteiger partial charge is 0.404 e. The summed E-state index contributed by atoms with van der Waals surface area (Å²) in [7, 11) is 1.68. The highest BCUT2D eigenvalue weighted by atomic mass is 14.9. The Kier molecular flexibility index (Phi) is 8.40. The summed E-state index contributed by atoms with van der Waals surface area (Å²) in [4.78, 5) is 4.02. The smallest absolute Gasteiger partial charge is 0.0862 e. The molecule has 7 nitrogen and oxygen atoms in total. The van der Waals surface area contributed by atoms with E-state index in [9.17, 15) is 0 Å². The lowest BCUT2D eigenvalue weighted by Crippen LogP contribution is -2.37. The molecular weight excluding hydrogens is 410 g/mol. The van der Waals surface area contributed by atoms with Gasteiger partial charge in [-0.2, -0.15) is 0 Å². The van der Waals surface area contributed by atoms with Gasteiger partial charge < -0.3 is 28.3 Å². The van der Waals surface area contributed by atoms with E-state index in [2.05, 4.69) is 22.4 Å². The van der Waals surface area contributed by atoms with Crippen LogP contribution in [0.1, 0.15) is 47.9 Å². The van der Waals surface area contributed by atoms with Gasteiger partial charge in [0.2, 0.25) is 0 Å². The molecule has 0 atom stereocenters. The number of hydrogen-bond acceptors (Lipinski definition) is 7. The summed E-state index contributed by atoms with van der Waals surface area (Å²) in [6.07, 6.45) is 9.36. The number of rotatable bonds is 8. The number of allylic oxidation sites excluding steroid dienone is 2. The fourth-order valence-corrected chi connectivity index (χ4v) is 4.09. The van der Waals surface area contributed by atoms with E-state index >= 15 is 0 Å². The number of benzene rings is 2. The number of aliphatic imine (C=N–C) groups is 1. The van der Waals surface area contributed by atoms with Gasteiger partial charge in [-0.25, -0.2) is 0 Å². The molecule has 2 aromatic rings. The normalized spacial score (nSPS) is 19.7. The van der Waals surface area contributed by atoms with Crippen molar-refractivity contribution < 1.29 is 0 Å². The van der Waals surface area contributed by atoms with E-state index < -0.39 is 0 Å². The van der Waals surface area contributed by atoms with Gasteiger partial charge in [0.15, 0.2) is 0 Å². The molecule has 0 aliphatic heterocycles. The van der Waals surface area contributed by atoms with Gasteiger partial charge in [0.05, 0.1) is 11.4 Å². The molecule has 33 heavy (non-hydrogen) atoms. The number of nitrogens with one attached hydrogen (secondary N) is 2. The summed E-state index contributed by atoms with van der Waals surface area (Å²) >= 11 is 0. The summed E-state index contributed by atoms with van der Waals surface area (Å²) in [5, 5.41) is 12.3. The Morgan fingerprint density at radius 3 is 2.61 bits per heavy atom. The highest BCUT2D eigenvalue weighted by molar-refractivity contribution is 6.16. The number of anilines is 1. The number of nitrogens with two attached hydrogens (primary N) is 4. The van der Waals surface area contributed by atoms with Gasteiger partial charge in [0, 0.05) is 54.9 Å². The van der Waals surface area contributed by atoms with E-state index in [0.717, 1.165) is 48.9 Å². The second-order valence-electron chi connectivity index (χ2n) is 8.52. The molecule has 0 amide bonds. The minimum atomic E-state index is 0.168. The van der Waals surface area contributed by atoms with Crippen molar-refractivity contribution in [2.75, 3.05) is 12.8 Å². The Bertz CT molecular complexity index is 1060. The van der Waals surface area contributed by atoms with E-state index in [0.29, 0.717) is 29.0 Å². The number of hydrogen-bond donors (Lipinski definition) is 6. The van der Waals surface area contributed by atoms with Gasteiger partial charge in [-0.3, -0.25) is 10.4 Å². The van der Waals surface area contributed by atoms with Crippen LogP contribution in [0, 0.1) is 5.41 Å². The van der Waals surface area contributed by atoms with Crippen molar-refractivity contribution in [3.05, 3.63) is 76.6 Å². The molecule has 0 spiro atoms. The first-order chi connectivity index (χ1) is 15.9. The van der Waals surface area contributed by atoms with E-state index in [-0.39, 0.29) is 5.71 Å². The summed E-state index contributed by atoms with van der Waals surface area (Å²) in [6.45, 7) is 0.793. The second kappa shape index (κ2) is 11.4. The van der Waals surface area contributed by atoms with Gasteiger partial charge in [-0.15, -0.1) is 0 Å². The molecule has 0 saturated heterocycles. The lowest BCUT2D eigenvalue weighted by atomic mass is 9.91. The zero-order chi connectivity index (χ0) is 23.8. The van der Waals surface area contributed by atoms with Gasteiger partial charge in [-0.1, -0.05) is 30.3 Å². The van der Waals surface area contributed by atoms with Crippen molar-refractivity contribution in [1.82, 2.24) is 5.32 Å². The molecule has 0 heterocycles. The molecule has 1 aliphatic rings. The average molecular weight is 446 g/mol. The quantitative estimate of drug-likeness (QED) is 0.272. The summed E-state index contributed by atoms with van der Waals surface area (Å²) in [6, 6.07) is 14.5. The minimum Gasteiger partial charge on any atom is -0.404 e. The van der Waals surface area contributed by atoms with Gasteiger partial charge in [0.25, 0.3) is 0 Å². The summed E-state index contributed by atoms with van der Waals surface area (Å²) < 4.78 is 0.